The van der Waals surface area contributed by atoms with Gasteiger partial charge in [-0.05, 0) is 36.8 Å². The van der Waals surface area contributed by atoms with Crippen LogP contribution in [-0.4, -0.2) is 37.4 Å². The molecular formula is C34H38F6N4O4. The minimum Gasteiger partial charge on any atom is -0.542 e. The standard InChI is InChI=1S/C30H36N4.2C2HF3O2/c1-23-11-17-31-27-15-21-33(29-9-5-3-7-25(27)29)19-13-24(2)14-20-34-22-16-28(32-18-12-23)26-8-4-6-10-30(26)34;2*3-2(4,5)1(6)7/h3-10,15-16,21-24H,11-14,17-20H2,1-2H3;2*(H,6,7). The third kappa shape index (κ3) is 11.3. The van der Waals surface area contributed by atoms with Gasteiger partial charge in [-0.3, -0.25) is 0 Å². The average molecular weight is 681 g/mol. The number of carbonyl (C=O) groups is 2. The number of carboxylic acids is 2. The molecule has 0 fully saturated rings. The number of carboxylic acid groups (broad SMARTS) is 2. The summed E-state index contributed by atoms with van der Waals surface area (Å²) in [6.45, 7) is 8.86. The molecule has 0 aliphatic carbocycles. The summed E-state index contributed by atoms with van der Waals surface area (Å²) in [5, 5.41) is 27.7. The second-order valence-corrected chi connectivity index (χ2v) is 11.7. The molecule has 14 heteroatoms. The number of para-hydroxylation sites is 2. The smallest absolute Gasteiger partial charge is 0.430 e. The number of nitrogens with one attached hydrogen (secondary N) is 2. The Bertz CT molecular complexity index is 1560. The van der Waals surface area contributed by atoms with Crippen LogP contribution in [0.5, 0.6) is 0 Å². The number of halogens is 6. The van der Waals surface area contributed by atoms with Crippen LogP contribution >= 0.6 is 0 Å². The number of anilines is 2. The molecule has 2 aromatic carbocycles. The molecule has 3 heterocycles. The van der Waals surface area contributed by atoms with Gasteiger partial charge in [-0.15, -0.1) is 0 Å². The quantitative estimate of drug-likeness (QED) is 0.209. The second-order valence-electron chi connectivity index (χ2n) is 11.7. The highest BCUT2D eigenvalue weighted by Crippen LogP contribution is 2.23. The SMILES string of the molecule is CC1CCNc2cc[n+](c3ccccc23)CCC(C)CC[n+]2ccc(c3ccccc32)NCC1.O=C([O-])C(F)(F)F.O=C([O-])C(F)(F)F. The molecule has 48 heavy (non-hydrogen) atoms. The molecule has 260 valence electrons. The summed E-state index contributed by atoms with van der Waals surface area (Å²) >= 11 is 0. The van der Waals surface area contributed by atoms with E-state index in [1.165, 1.54) is 46.0 Å². The molecule has 1 aliphatic rings. The molecule has 8 nitrogen and oxygen atoms in total. The number of aromatic nitrogens is 2. The molecule has 0 saturated heterocycles. The number of aliphatic carboxylic acids is 2. The van der Waals surface area contributed by atoms with E-state index in [0.717, 1.165) is 39.0 Å². The maximum absolute atomic E-state index is 10.5. The summed E-state index contributed by atoms with van der Waals surface area (Å²) in [7, 11) is 0. The van der Waals surface area contributed by atoms with Crippen molar-refractivity contribution in [3.8, 4) is 0 Å². The first-order valence-electron chi connectivity index (χ1n) is 15.4. The Morgan fingerprint density at radius 3 is 1.31 bits per heavy atom. The maximum Gasteiger partial charge on any atom is 0.430 e. The van der Waals surface area contributed by atoms with Gasteiger partial charge in [0.2, 0.25) is 11.0 Å². The van der Waals surface area contributed by atoms with E-state index in [1.54, 1.807) is 0 Å². The van der Waals surface area contributed by atoms with Crippen LogP contribution < -0.4 is 30.0 Å². The number of aryl methyl sites for hydroxylation is 2. The topological polar surface area (TPSA) is 112 Å². The van der Waals surface area contributed by atoms with E-state index >= 15 is 0 Å². The number of hydrogen-bond donors (Lipinski definition) is 2. The van der Waals surface area contributed by atoms with E-state index in [4.69, 9.17) is 19.8 Å². The highest BCUT2D eigenvalue weighted by atomic mass is 19.4. The zero-order valence-corrected chi connectivity index (χ0v) is 26.5. The van der Waals surface area contributed by atoms with Gasteiger partial charge < -0.3 is 30.4 Å². The molecule has 0 spiro atoms. The molecule has 4 bridgehead atoms. The van der Waals surface area contributed by atoms with Gasteiger partial charge in [0.1, 0.15) is 25.0 Å². The predicted octanol–water partition coefficient (Wildman–Crippen LogP) is 4.54. The Kier molecular flexibility index (Phi) is 13.4. The average Bonchev–Trinajstić information content (AvgIpc) is 3.03. The second kappa shape index (κ2) is 17.0. The van der Waals surface area contributed by atoms with E-state index in [1.807, 2.05) is 0 Å². The lowest BCUT2D eigenvalue weighted by Crippen LogP contribution is -2.37. The van der Waals surface area contributed by atoms with Gasteiger partial charge in [-0.2, -0.15) is 35.5 Å². The summed E-state index contributed by atoms with van der Waals surface area (Å²) in [4.78, 5) is 17.6. The minimum absolute atomic E-state index is 0.653. The molecule has 0 amide bonds. The van der Waals surface area contributed by atoms with Crippen molar-refractivity contribution in [2.24, 2.45) is 11.8 Å². The van der Waals surface area contributed by atoms with Gasteiger partial charge in [0, 0.05) is 50.2 Å². The van der Waals surface area contributed by atoms with Gasteiger partial charge in [0.05, 0.1) is 22.1 Å². The summed E-state index contributed by atoms with van der Waals surface area (Å²) < 4.78 is 68.0. The highest BCUT2D eigenvalue weighted by molar-refractivity contribution is 5.89. The summed E-state index contributed by atoms with van der Waals surface area (Å²) in [5.41, 5.74) is 5.15. The molecule has 4 aromatic rings. The van der Waals surface area contributed by atoms with E-state index in [0.29, 0.717) is 11.8 Å². The Morgan fingerprint density at radius 2 is 0.958 bits per heavy atom. The number of benzene rings is 2. The Labute approximate surface area is 274 Å². The zero-order chi connectivity index (χ0) is 35.5. The highest BCUT2D eigenvalue weighted by Gasteiger charge is 2.29. The monoisotopic (exact) mass is 680 g/mol. The van der Waals surface area contributed by atoms with Gasteiger partial charge in [-0.1, -0.05) is 38.1 Å². The molecule has 2 aromatic heterocycles. The largest absolute Gasteiger partial charge is 0.542 e. The van der Waals surface area contributed by atoms with E-state index in [-0.39, 0.29) is 0 Å². The van der Waals surface area contributed by atoms with Crippen LogP contribution in [0.2, 0.25) is 0 Å². The normalized spacial score (nSPS) is 17.6. The molecule has 5 rings (SSSR count). The number of pyridine rings is 2. The van der Waals surface area contributed by atoms with E-state index < -0.39 is 24.3 Å². The number of hydrogen-bond acceptors (Lipinski definition) is 6. The maximum atomic E-state index is 10.5. The molecule has 1 aliphatic heterocycles. The van der Waals surface area contributed by atoms with Crippen LogP contribution in [0.1, 0.15) is 39.5 Å². The van der Waals surface area contributed by atoms with Crippen LogP contribution in [0.3, 0.4) is 0 Å². The number of fused-ring (bicyclic) bond motifs is 12. The molecule has 0 radical (unpaired) electrons. The van der Waals surface area contributed by atoms with E-state index in [2.05, 4.69) is 107 Å². The number of carbonyl (C=O) groups excluding carboxylic acids is 2. The van der Waals surface area contributed by atoms with Gasteiger partial charge in [-0.25, -0.2) is 0 Å². The Morgan fingerprint density at radius 1 is 0.625 bits per heavy atom. The fourth-order valence-electron chi connectivity index (χ4n) is 5.19. The van der Waals surface area contributed by atoms with Crippen molar-refractivity contribution in [2.45, 2.75) is 65.0 Å². The van der Waals surface area contributed by atoms with Crippen molar-refractivity contribution < 1.29 is 55.3 Å². The molecular weight excluding hydrogens is 642 g/mol. The van der Waals surface area contributed by atoms with Crippen LogP contribution in [0, 0.1) is 11.8 Å². The van der Waals surface area contributed by atoms with Gasteiger partial charge in [0.15, 0.2) is 12.4 Å². The minimum atomic E-state index is -5.19. The van der Waals surface area contributed by atoms with Crippen LogP contribution in [0.15, 0.2) is 73.1 Å². The van der Waals surface area contributed by atoms with Crippen molar-refractivity contribution in [1.82, 2.24) is 0 Å². The first-order chi connectivity index (χ1) is 22.6. The zero-order valence-electron chi connectivity index (χ0n) is 26.5. The first-order valence-corrected chi connectivity index (χ1v) is 15.4. The number of nitrogens with zero attached hydrogens (tertiary/aromatic N) is 2. The predicted molar refractivity (Wildman–Crippen MR) is 164 cm³/mol. The fourth-order valence-corrected chi connectivity index (χ4v) is 5.19. The van der Waals surface area contributed by atoms with Crippen molar-refractivity contribution in [3.63, 3.8) is 0 Å². The fraction of sp³-hybridized carbons (Fsp3) is 0.412. The van der Waals surface area contributed by atoms with Crippen LogP contribution in [-0.2, 0) is 22.7 Å². The van der Waals surface area contributed by atoms with Crippen molar-refractivity contribution in [2.75, 3.05) is 23.7 Å². The third-order valence-corrected chi connectivity index (χ3v) is 7.94. The van der Waals surface area contributed by atoms with Crippen molar-refractivity contribution in [3.05, 3.63) is 73.1 Å². The summed E-state index contributed by atoms with van der Waals surface area (Å²) in [6.07, 6.45) is -1.17. The lowest BCUT2D eigenvalue weighted by molar-refractivity contribution is -0.677. The Hall–Kier alpha value is -4.62. The van der Waals surface area contributed by atoms with Crippen LogP contribution in [0.25, 0.3) is 21.8 Å². The molecule has 0 saturated carbocycles. The third-order valence-electron chi connectivity index (χ3n) is 7.94. The van der Waals surface area contributed by atoms with Crippen LogP contribution in [0.4, 0.5) is 37.7 Å². The number of alkyl halides is 6. The van der Waals surface area contributed by atoms with Crippen molar-refractivity contribution >= 4 is 45.1 Å². The van der Waals surface area contributed by atoms with E-state index in [9.17, 15) is 26.3 Å². The summed E-state index contributed by atoms with van der Waals surface area (Å²) in [6, 6.07) is 22.2. The van der Waals surface area contributed by atoms with Gasteiger partial charge >= 0.3 is 12.4 Å². The van der Waals surface area contributed by atoms with Crippen molar-refractivity contribution in [1.29, 1.82) is 0 Å². The molecule has 0 unspecified atom stereocenters. The lowest BCUT2D eigenvalue weighted by Gasteiger charge is -2.16. The van der Waals surface area contributed by atoms with Gasteiger partial charge in [0.25, 0.3) is 0 Å². The molecule has 2 N–H and O–H groups in total. The summed E-state index contributed by atoms with van der Waals surface area (Å²) in [5.74, 6) is -4.70. The first kappa shape index (κ1) is 37.8. The molecule has 0 atom stereocenters. The Balaban J connectivity index is 0.000000376. The number of rotatable bonds is 0. The lowest BCUT2D eigenvalue weighted by atomic mass is 10.0.